The van der Waals surface area contributed by atoms with Gasteiger partial charge in [-0.2, -0.15) is 0 Å². The average molecular weight is 350 g/mol. The summed E-state index contributed by atoms with van der Waals surface area (Å²) in [7, 11) is 0. The molecule has 1 saturated carbocycles. The van der Waals surface area contributed by atoms with E-state index in [4.69, 9.17) is 32.8 Å². The first-order chi connectivity index (χ1) is 11.6. The quantitative estimate of drug-likeness (QED) is 0.772. The van der Waals surface area contributed by atoms with Crippen LogP contribution in [-0.4, -0.2) is 30.4 Å². The molecule has 1 aromatic rings. The molecule has 1 aliphatic heterocycles. The van der Waals surface area contributed by atoms with Crippen LogP contribution in [0.3, 0.4) is 0 Å². The lowest BCUT2D eigenvalue weighted by molar-refractivity contribution is -0.137. The molecule has 1 unspecified atom stereocenters. The highest BCUT2D eigenvalue weighted by molar-refractivity contribution is 6.32. The summed E-state index contributed by atoms with van der Waals surface area (Å²) in [6, 6.07) is 7.12. The van der Waals surface area contributed by atoms with Crippen molar-refractivity contribution >= 4 is 23.3 Å². The molecule has 3 atom stereocenters. The minimum Gasteiger partial charge on any atom is -0.468 e. The topological polar surface area (TPSA) is 90.7 Å². The van der Waals surface area contributed by atoms with Gasteiger partial charge in [0.1, 0.15) is 0 Å². The number of nitrogens with two attached hydrogens (primary N) is 2. The molecule has 0 amide bonds. The summed E-state index contributed by atoms with van der Waals surface area (Å²) in [5.41, 5.74) is 11.6. The molecule has 1 heterocycles. The number of Topliss-reactive ketones (excluding diaryl/α,β-unsaturated/α-hetero) is 1. The summed E-state index contributed by atoms with van der Waals surface area (Å²) in [5.74, 6) is 0.482. The molecule has 0 saturated heterocycles. The van der Waals surface area contributed by atoms with Gasteiger partial charge in [-0.05, 0) is 44.7 Å². The van der Waals surface area contributed by atoms with Crippen molar-refractivity contribution in [1.29, 1.82) is 0 Å². The number of ketones is 1. The summed E-state index contributed by atoms with van der Waals surface area (Å²) < 4.78 is 5.85. The van der Waals surface area contributed by atoms with Gasteiger partial charge in [0.15, 0.2) is 11.6 Å². The summed E-state index contributed by atoms with van der Waals surface area (Å²) in [6.45, 7) is 0.644. The van der Waals surface area contributed by atoms with Crippen LogP contribution in [0.5, 0.6) is 0 Å². The zero-order chi connectivity index (χ0) is 17.2. The maximum absolute atomic E-state index is 13.0. The predicted octanol–water partition coefficient (Wildman–Crippen LogP) is 2.54. The lowest BCUT2D eigenvalue weighted by Gasteiger charge is -2.42. The molecule has 5 nitrogen and oxygen atoms in total. The van der Waals surface area contributed by atoms with E-state index in [2.05, 4.69) is 0 Å². The number of rotatable bonds is 6. The molecule has 4 N–H and O–H groups in total. The highest BCUT2D eigenvalue weighted by Crippen LogP contribution is 2.44. The first-order valence-corrected chi connectivity index (χ1v) is 8.97. The third kappa shape index (κ3) is 3.08. The Balaban J connectivity index is 1.97. The van der Waals surface area contributed by atoms with E-state index in [1.54, 1.807) is 6.07 Å². The number of fused-ring (bicyclic) bond motifs is 2. The normalized spacial score (nSPS) is 27.4. The first-order valence-electron chi connectivity index (χ1n) is 8.60. The van der Waals surface area contributed by atoms with Crippen molar-refractivity contribution in [3.8, 4) is 0 Å². The van der Waals surface area contributed by atoms with E-state index in [0.717, 1.165) is 31.2 Å². The third-order valence-corrected chi connectivity index (χ3v) is 5.20. The van der Waals surface area contributed by atoms with E-state index in [-0.39, 0.29) is 11.8 Å². The Morgan fingerprint density at radius 1 is 1.38 bits per heavy atom. The second-order valence-electron chi connectivity index (χ2n) is 6.54. The predicted molar refractivity (Wildman–Crippen MR) is 95.2 cm³/mol. The number of carbonyl (C=O) groups excluding carboxylic acids is 1. The number of halogens is 1. The van der Waals surface area contributed by atoms with Gasteiger partial charge >= 0.3 is 0 Å². The highest BCUT2D eigenvalue weighted by Gasteiger charge is 2.52. The molecule has 6 heteroatoms. The van der Waals surface area contributed by atoms with E-state index in [1.165, 1.54) is 0 Å². The number of carbonyl (C=O) groups is 1. The van der Waals surface area contributed by atoms with Crippen molar-refractivity contribution in [2.45, 2.75) is 56.2 Å². The molecule has 0 aromatic heterocycles. The van der Waals surface area contributed by atoms with Crippen LogP contribution in [0.2, 0.25) is 5.02 Å². The van der Waals surface area contributed by atoms with Gasteiger partial charge in [-0.1, -0.05) is 36.2 Å². The second kappa shape index (κ2) is 7.21. The number of hydrogen-bond donors (Lipinski definition) is 2. The Morgan fingerprint density at radius 2 is 2.17 bits per heavy atom. The molecule has 0 spiro atoms. The van der Waals surface area contributed by atoms with Gasteiger partial charge < -0.3 is 16.2 Å². The fourth-order valence-electron chi connectivity index (χ4n) is 3.57. The van der Waals surface area contributed by atoms with Gasteiger partial charge in [-0.25, -0.2) is 4.99 Å². The van der Waals surface area contributed by atoms with Crippen LogP contribution in [0.4, 0.5) is 0 Å². The first kappa shape index (κ1) is 17.4. The van der Waals surface area contributed by atoms with Crippen molar-refractivity contribution in [2.75, 3.05) is 6.54 Å². The number of hydrogen-bond acceptors (Lipinski definition) is 5. The van der Waals surface area contributed by atoms with E-state index in [1.807, 2.05) is 18.2 Å². The second-order valence-corrected chi connectivity index (χ2v) is 6.95. The molecule has 1 aromatic carbocycles. The summed E-state index contributed by atoms with van der Waals surface area (Å²) in [6.07, 6.45) is 4.34. The Morgan fingerprint density at radius 3 is 2.92 bits per heavy atom. The fraction of sp³-hybridized carbons (Fsp3) is 0.556. The maximum Gasteiger partial charge on any atom is 0.205 e. The van der Waals surface area contributed by atoms with Gasteiger partial charge in [0, 0.05) is 10.6 Å². The molecular weight excluding hydrogens is 326 g/mol. The van der Waals surface area contributed by atoms with Gasteiger partial charge in [0.2, 0.25) is 11.7 Å². The zero-order valence-electron chi connectivity index (χ0n) is 13.7. The average Bonchev–Trinajstić information content (AvgIpc) is 2.55. The van der Waals surface area contributed by atoms with Crippen molar-refractivity contribution < 1.29 is 9.53 Å². The molecule has 2 bridgehead atoms. The molecule has 0 radical (unpaired) electrons. The summed E-state index contributed by atoms with van der Waals surface area (Å²) in [5, 5.41) is 0.563. The van der Waals surface area contributed by atoms with Crippen molar-refractivity contribution in [1.82, 2.24) is 0 Å². The minimum atomic E-state index is -0.944. The lowest BCUT2D eigenvalue weighted by atomic mass is 9.73. The van der Waals surface area contributed by atoms with Crippen molar-refractivity contribution in [3.63, 3.8) is 0 Å². The van der Waals surface area contributed by atoms with Crippen LogP contribution < -0.4 is 11.5 Å². The fourth-order valence-corrected chi connectivity index (χ4v) is 3.87. The van der Waals surface area contributed by atoms with E-state index >= 15 is 0 Å². The third-order valence-electron chi connectivity index (χ3n) is 4.87. The van der Waals surface area contributed by atoms with Gasteiger partial charge in [0.05, 0.1) is 6.04 Å². The number of benzene rings is 1. The molecule has 1 fully saturated rings. The Bertz CT molecular complexity index is 649. The molecule has 24 heavy (non-hydrogen) atoms. The van der Waals surface area contributed by atoms with Gasteiger partial charge in [-0.3, -0.25) is 4.79 Å². The van der Waals surface area contributed by atoms with Crippen LogP contribution in [0.15, 0.2) is 29.3 Å². The molecule has 2 aliphatic rings. The Labute approximate surface area is 147 Å². The standard InChI is InChI=1S/C18H24ClN3O2/c19-13-7-2-1-6-12(13)18-10-5-9-15(16(18)23)24-17(22-18)14(21)8-3-4-11-20/h1-2,6-7,14-15H,3-5,8-11,20-21H2/t14?,15-,18-/m0/s1. The summed E-state index contributed by atoms with van der Waals surface area (Å²) in [4.78, 5) is 17.7. The van der Waals surface area contributed by atoms with Crippen LogP contribution >= 0.6 is 11.6 Å². The van der Waals surface area contributed by atoms with Gasteiger partial charge in [-0.15, -0.1) is 0 Å². The van der Waals surface area contributed by atoms with Crippen molar-refractivity contribution in [3.05, 3.63) is 34.9 Å². The van der Waals surface area contributed by atoms with E-state index < -0.39 is 11.6 Å². The van der Waals surface area contributed by atoms with Crippen molar-refractivity contribution in [2.24, 2.45) is 16.5 Å². The highest BCUT2D eigenvalue weighted by atomic mass is 35.5. The van der Waals surface area contributed by atoms with E-state index in [0.29, 0.717) is 30.3 Å². The number of aliphatic imine (C=N–C) groups is 1. The van der Waals surface area contributed by atoms with E-state index in [9.17, 15) is 4.79 Å². The molecule has 1 aliphatic carbocycles. The largest absolute Gasteiger partial charge is 0.468 e. The van der Waals surface area contributed by atoms with Crippen LogP contribution in [0.1, 0.15) is 44.1 Å². The van der Waals surface area contributed by atoms with Crippen LogP contribution in [-0.2, 0) is 15.1 Å². The SMILES string of the molecule is NCCCCC(N)C1=N[C@]2(c3ccccc3Cl)CCC[C@H](O1)C2=O. The molecule has 130 valence electrons. The number of unbranched alkanes of at least 4 members (excludes halogenated alkanes) is 1. The smallest absolute Gasteiger partial charge is 0.205 e. The molecular formula is C18H24ClN3O2. The molecule has 3 rings (SSSR count). The van der Waals surface area contributed by atoms with Crippen LogP contribution in [0, 0.1) is 0 Å². The number of nitrogens with zero attached hydrogens (tertiary/aromatic N) is 1. The van der Waals surface area contributed by atoms with Crippen LogP contribution in [0.25, 0.3) is 0 Å². The number of ether oxygens (including phenoxy) is 1. The lowest BCUT2D eigenvalue weighted by Crippen LogP contribution is -2.54. The Hall–Kier alpha value is -1.43. The monoisotopic (exact) mass is 349 g/mol. The minimum absolute atomic E-state index is 0.000224. The zero-order valence-corrected chi connectivity index (χ0v) is 14.5. The Kier molecular flexibility index (Phi) is 5.23. The maximum atomic E-state index is 13.0. The van der Waals surface area contributed by atoms with Gasteiger partial charge in [0.25, 0.3) is 0 Å². The summed E-state index contributed by atoms with van der Waals surface area (Å²) >= 11 is 6.39.